The molecule has 7 heteroatoms. The second-order valence-corrected chi connectivity index (χ2v) is 7.01. The Kier molecular flexibility index (Phi) is 3.45. The number of nitrogens with zero attached hydrogens (tertiary/aromatic N) is 5. The first kappa shape index (κ1) is 15.0. The highest BCUT2D eigenvalue weighted by Gasteiger charge is 2.26. The highest BCUT2D eigenvalue weighted by atomic mass is 32.1. The summed E-state index contributed by atoms with van der Waals surface area (Å²) >= 11 is 1.58. The molecule has 24 heavy (non-hydrogen) atoms. The molecule has 1 amide bonds. The Hall–Kier alpha value is -2.54. The molecule has 0 unspecified atom stereocenters. The highest BCUT2D eigenvalue weighted by molar-refractivity contribution is 7.16. The van der Waals surface area contributed by atoms with Crippen molar-refractivity contribution < 1.29 is 4.79 Å². The van der Waals surface area contributed by atoms with Crippen molar-refractivity contribution in [1.29, 1.82) is 0 Å². The summed E-state index contributed by atoms with van der Waals surface area (Å²) in [5.41, 5.74) is 4.71. The summed E-state index contributed by atoms with van der Waals surface area (Å²) < 4.78 is 1.91. The summed E-state index contributed by atoms with van der Waals surface area (Å²) in [6, 6.07) is 3.64. The second kappa shape index (κ2) is 5.52. The van der Waals surface area contributed by atoms with Gasteiger partial charge in [0.25, 0.3) is 5.91 Å². The van der Waals surface area contributed by atoms with Crippen molar-refractivity contribution in [3.8, 4) is 11.3 Å². The number of pyridine rings is 1. The van der Waals surface area contributed by atoms with E-state index in [4.69, 9.17) is 4.98 Å². The van der Waals surface area contributed by atoms with Gasteiger partial charge in [0.05, 0.1) is 17.5 Å². The van der Waals surface area contributed by atoms with Gasteiger partial charge in [-0.1, -0.05) is 0 Å². The van der Waals surface area contributed by atoms with E-state index in [-0.39, 0.29) is 5.91 Å². The van der Waals surface area contributed by atoms with Crippen molar-refractivity contribution in [2.24, 2.45) is 7.05 Å². The largest absolute Gasteiger partial charge is 0.287 e. The number of rotatable bonds is 2. The maximum Gasteiger partial charge on any atom is 0.261 e. The molecule has 1 aliphatic rings. The quantitative estimate of drug-likeness (QED) is 0.720. The van der Waals surface area contributed by atoms with Crippen molar-refractivity contribution in [1.82, 2.24) is 19.7 Å². The van der Waals surface area contributed by atoms with Crippen LogP contribution >= 0.6 is 11.3 Å². The molecule has 0 saturated carbocycles. The van der Waals surface area contributed by atoms with Gasteiger partial charge in [0.2, 0.25) is 0 Å². The van der Waals surface area contributed by atoms with Gasteiger partial charge in [-0.3, -0.25) is 19.4 Å². The molecule has 3 aromatic rings. The average Bonchev–Trinajstić information content (AvgIpc) is 3.18. The van der Waals surface area contributed by atoms with Gasteiger partial charge < -0.3 is 0 Å². The third-order valence-corrected chi connectivity index (χ3v) is 5.53. The number of aromatic nitrogens is 4. The molecule has 0 aliphatic heterocycles. The van der Waals surface area contributed by atoms with E-state index in [1.54, 1.807) is 35.5 Å². The molecule has 4 rings (SSSR count). The van der Waals surface area contributed by atoms with Crippen LogP contribution in [0.25, 0.3) is 11.3 Å². The lowest BCUT2D eigenvalue weighted by molar-refractivity contribution is 0.0992. The molecular weight excluding hydrogens is 322 g/mol. The number of thiazole rings is 1. The SMILES string of the molecule is Cc1ccc(C(=O)N(C)c2nc3c(s2)CCc2c-3cnn2C)cn1. The van der Waals surface area contributed by atoms with Gasteiger partial charge in [-0.25, -0.2) is 4.98 Å². The van der Waals surface area contributed by atoms with Crippen LogP contribution in [0.2, 0.25) is 0 Å². The van der Waals surface area contributed by atoms with Crippen LogP contribution in [0.15, 0.2) is 24.5 Å². The molecule has 0 bridgehead atoms. The van der Waals surface area contributed by atoms with E-state index in [1.807, 2.05) is 30.9 Å². The Balaban J connectivity index is 1.67. The topological polar surface area (TPSA) is 63.9 Å². The molecule has 3 heterocycles. The van der Waals surface area contributed by atoms with Crippen LogP contribution in [0.1, 0.15) is 26.6 Å². The molecule has 0 N–H and O–H groups in total. The highest BCUT2D eigenvalue weighted by Crippen LogP contribution is 2.39. The number of anilines is 1. The van der Waals surface area contributed by atoms with Crippen LogP contribution in [0.3, 0.4) is 0 Å². The van der Waals surface area contributed by atoms with Crippen LogP contribution < -0.4 is 4.90 Å². The van der Waals surface area contributed by atoms with Crippen molar-refractivity contribution in [2.45, 2.75) is 19.8 Å². The molecule has 0 radical (unpaired) electrons. The predicted octanol–water partition coefficient (Wildman–Crippen LogP) is 2.62. The van der Waals surface area contributed by atoms with E-state index in [0.717, 1.165) is 29.8 Å². The third-order valence-electron chi connectivity index (χ3n) is 4.34. The van der Waals surface area contributed by atoms with E-state index in [9.17, 15) is 4.79 Å². The van der Waals surface area contributed by atoms with Crippen molar-refractivity contribution in [3.05, 3.63) is 46.4 Å². The second-order valence-electron chi connectivity index (χ2n) is 5.95. The summed E-state index contributed by atoms with van der Waals surface area (Å²) in [6.07, 6.45) is 5.37. The summed E-state index contributed by atoms with van der Waals surface area (Å²) in [7, 11) is 3.72. The van der Waals surface area contributed by atoms with E-state index in [2.05, 4.69) is 10.1 Å². The number of hydrogen-bond donors (Lipinski definition) is 0. The first-order valence-corrected chi connectivity index (χ1v) is 8.58. The Labute approximate surface area is 143 Å². The van der Waals surface area contributed by atoms with E-state index < -0.39 is 0 Å². The first-order valence-electron chi connectivity index (χ1n) is 7.76. The normalized spacial score (nSPS) is 12.6. The van der Waals surface area contributed by atoms with Crippen LogP contribution in [-0.4, -0.2) is 32.7 Å². The van der Waals surface area contributed by atoms with Gasteiger partial charge in [-0.05, 0) is 31.9 Å². The predicted molar refractivity (Wildman–Crippen MR) is 93.4 cm³/mol. The molecule has 0 fully saturated rings. The van der Waals surface area contributed by atoms with Gasteiger partial charge in [0.15, 0.2) is 5.13 Å². The Morgan fingerprint density at radius 3 is 2.88 bits per heavy atom. The number of aryl methyl sites for hydroxylation is 3. The van der Waals surface area contributed by atoms with Gasteiger partial charge in [0, 0.05) is 42.1 Å². The lowest BCUT2D eigenvalue weighted by Crippen LogP contribution is -2.26. The minimum atomic E-state index is -0.0972. The molecule has 0 atom stereocenters. The number of fused-ring (bicyclic) bond motifs is 3. The van der Waals surface area contributed by atoms with Gasteiger partial charge in [0.1, 0.15) is 0 Å². The van der Waals surface area contributed by atoms with Crippen molar-refractivity contribution in [2.75, 3.05) is 11.9 Å². The molecule has 0 saturated heterocycles. The van der Waals surface area contributed by atoms with Crippen LogP contribution in [0.4, 0.5) is 5.13 Å². The number of amides is 1. The first-order chi connectivity index (χ1) is 11.5. The zero-order valence-corrected chi connectivity index (χ0v) is 14.6. The molecule has 122 valence electrons. The Morgan fingerprint density at radius 2 is 2.12 bits per heavy atom. The Bertz CT molecular complexity index is 925. The molecule has 0 spiro atoms. The minimum absolute atomic E-state index is 0.0972. The summed E-state index contributed by atoms with van der Waals surface area (Å²) in [4.78, 5) is 24.4. The maximum atomic E-state index is 12.7. The molecule has 6 nitrogen and oxygen atoms in total. The number of carbonyl (C=O) groups is 1. The number of hydrogen-bond acceptors (Lipinski definition) is 5. The van der Waals surface area contributed by atoms with Crippen LogP contribution in [-0.2, 0) is 19.9 Å². The lowest BCUT2D eigenvalue weighted by atomic mass is 10.0. The summed E-state index contributed by atoms with van der Waals surface area (Å²) in [5, 5.41) is 5.05. The zero-order chi connectivity index (χ0) is 16.8. The fourth-order valence-electron chi connectivity index (χ4n) is 2.93. The van der Waals surface area contributed by atoms with Gasteiger partial charge in [-0.2, -0.15) is 5.10 Å². The van der Waals surface area contributed by atoms with Crippen LogP contribution in [0, 0.1) is 6.92 Å². The standard InChI is InChI=1S/C17H17N5OS/c1-10-4-5-11(8-18-10)16(23)21(2)17-20-15-12-9-19-22(3)13(12)6-7-14(15)24-17/h4-5,8-9H,6-7H2,1-3H3. The molecule has 3 aromatic heterocycles. The smallest absolute Gasteiger partial charge is 0.261 e. The average molecular weight is 339 g/mol. The Morgan fingerprint density at radius 1 is 1.29 bits per heavy atom. The summed E-state index contributed by atoms with van der Waals surface area (Å²) in [5.74, 6) is -0.0972. The summed E-state index contributed by atoms with van der Waals surface area (Å²) in [6.45, 7) is 1.90. The monoisotopic (exact) mass is 339 g/mol. The van der Waals surface area contributed by atoms with E-state index in [0.29, 0.717) is 10.7 Å². The zero-order valence-electron chi connectivity index (χ0n) is 13.8. The molecule has 0 aromatic carbocycles. The van der Waals surface area contributed by atoms with Crippen molar-refractivity contribution >= 4 is 22.4 Å². The van der Waals surface area contributed by atoms with Crippen LogP contribution in [0.5, 0.6) is 0 Å². The molecular formula is C17H17N5OS. The minimum Gasteiger partial charge on any atom is -0.287 e. The fraction of sp³-hybridized carbons (Fsp3) is 0.294. The third kappa shape index (κ3) is 2.32. The lowest BCUT2D eigenvalue weighted by Gasteiger charge is -2.13. The van der Waals surface area contributed by atoms with Gasteiger partial charge in [-0.15, -0.1) is 11.3 Å². The molecule has 1 aliphatic carbocycles. The number of carbonyl (C=O) groups excluding carboxylic acids is 1. The maximum absolute atomic E-state index is 12.7. The van der Waals surface area contributed by atoms with Gasteiger partial charge >= 0.3 is 0 Å². The van der Waals surface area contributed by atoms with E-state index in [1.165, 1.54) is 10.6 Å². The fourth-order valence-corrected chi connectivity index (χ4v) is 3.96. The van der Waals surface area contributed by atoms with E-state index >= 15 is 0 Å². The van der Waals surface area contributed by atoms with Crippen molar-refractivity contribution in [3.63, 3.8) is 0 Å².